The normalized spacial score (nSPS) is 11.7. The average Bonchev–Trinajstić information content (AvgIpc) is 3.25. The Balaban J connectivity index is 1.66. The van der Waals surface area contributed by atoms with Crippen LogP contribution in [-0.4, -0.2) is 72.9 Å². The molecule has 12 heteroatoms. The number of anilines is 2. The minimum absolute atomic E-state index is 0.0778. The van der Waals surface area contributed by atoms with Gasteiger partial charge in [-0.2, -0.15) is 0 Å². The number of hydrogen-bond donors (Lipinski definition) is 2. The fourth-order valence-corrected chi connectivity index (χ4v) is 5.75. The maximum absolute atomic E-state index is 13.5. The van der Waals surface area contributed by atoms with Crippen molar-refractivity contribution in [1.82, 2.24) is 19.7 Å². The largest absolute Gasteiger partial charge is 0.480 e. The molecule has 0 spiro atoms. The molecule has 0 saturated carbocycles. The Hall–Kier alpha value is -3.67. The fourth-order valence-electron chi connectivity index (χ4n) is 3.86. The van der Waals surface area contributed by atoms with E-state index in [0.29, 0.717) is 22.6 Å². The van der Waals surface area contributed by atoms with Gasteiger partial charge in [-0.1, -0.05) is 11.6 Å². The summed E-state index contributed by atoms with van der Waals surface area (Å²) in [7, 11) is -0.210. The minimum Gasteiger partial charge on any atom is -0.480 e. The number of benzene rings is 2. The van der Waals surface area contributed by atoms with Gasteiger partial charge < -0.3 is 15.3 Å². The summed E-state index contributed by atoms with van der Waals surface area (Å²) in [5.74, 6) is -0.0324. The molecular formula is C25H27ClN6O4S. The third kappa shape index (κ3) is 6.01. The molecule has 0 unspecified atom stereocenters. The van der Waals surface area contributed by atoms with E-state index in [4.69, 9.17) is 11.6 Å². The van der Waals surface area contributed by atoms with Gasteiger partial charge in [-0.05, 0) is 81.2 Å². The Bertz CT molecular complexity index is 1520. The van der Waals surface area contributed by atoms with Crippen LogP contribution in [0.5, 0.6) is 0 Å². The topological polar surface area (TPSA) is 121 Å². The fraction of sp³-hybridized carbons (Fsp3) is 0.240. The number of aliphatic carboxylic acids is 1. The third-order valence-electron chi connectivity index (χ3n) is 5.61. The molecule has 4 rings (SSSR count). The molecule has 4 aromatic rings. The molecule has 0 saturated heterocycles. The van der Waals surface area contributed by atoms with Crippen molar-refractivity contribution in [3.63, 3.8) is 0 Å². The molecule has 0 aliphatic rings. The first-order chi connectivity index (χ1) is 17.5. The molecule has 194 valence electrons. The number of fused-ring (bicyclic) bond motifs is 1. The number of carbonyl (C=O) groups is 1. The lowest BCUT2D eigenvalue weighted by atomic mass is 10.2. The molecular weight excluding hydrogens is 516 g/mol. The van der Waals surface area contributed by atoms with Gasteiger partial charge in [-0.25, -0.2) is 8.42 Å². The van der Waals surface area contributed by atoms with Crippen molar-refractivity contribution in [1.29, 1.82) is 0 Å². The van der Waals surface area contributed by atoms with Crippen LogP contribution < -0.4 is 9.62 Å². The molecule has 0 amide bonds. The second-order valence-corrected chi connectivity index (χ2v) is 11.1. The van der Waals surface area contributed by atoms with Crippen molar-refractivity contribution in [2.24, 2.45) is 0 Å². The van der Waals surface area contributed by atoms with Crippen molar-refractivity contribution < 1.29 is 18.3 Å². The summed E-state index contributed by atoms with van der Waals surface area (Å²) in [5.41, 5.74) is 1.63. The molecule has 2 heterocycles. The van der Waals surface area contributed by atoms with E-state index in [-0.39, 0.29) is 15.6 Å². The molecule has 2 aromatic carbocycles. The Labute approximate surface area is 220 Å². The summed E-state index contributed by atoms with van der Waals surface area (Å²) in [6.07, 6.45) is 1.80. The highest BCUT2D eigenvalue weighted by atomic mass is 35.5. The van der Waals surface area contributed by atoms with E-state index in [1.54, 1.807) is 43.5 Å². The summed E-state index contributed by atoms with van der Waals surface area (Å²) in [4.78, 5) is 13.6. The third-order valence-corrected chi connectivity index (χ3v) is 7.58. The number of rotatable bonds is 10. The predicted octanol–water partition coefficient (Wildman–Crippen LogP) is 3.64. The number of likely N-dealkylation sites (N-methyl/N-ethyl adjacent to an activating group) is 1. The van der Waals surface area contributed by atoms with Gasteiger partial charge in [-0.15, -0.1) is 10.2 Å². The van der Waals surface area contributed by atoms with Crippen LogP contribution in [0, 0.1) is 6.92 Å². The van der Waals surface area contributed by atoms with E-state index >= 15 is 0 Å². The molecule has 0 fully saturated rings. The molecule has 0 atom stereocenters. The number of nitrogens with one attached hydrogen (secondary N) is 1. The Morgan fingerprint density at radius 2 is 1.86 bits per heavy atom. The zero-order chi connectivity index (χ0) is 26.7. The van der Waals surface area contributed by atoms with Crippen LogP contribution in [-0.2, 0) is 14.8 Å². The monoisotopic (exact) mass is 542 g/mol. The van der Waals surface area contributed by atoms with Crippen molar-refractivity contribution in [3.05, 3.63) is 71.4 Å². The Morgan fingerprint density at radius 3 is 2.51 bits per heavy atom. The van der Waals surface area contributed by atoms with E-state index in [9.17, 15) is 18.3 Å². The molecule has 0 radical (unpaired) electrons. The zero-order valence-electron chi connectivity index (χ0n) is 20.6. The van der Waals surface area contributed by atoms with Crippen LogP contribution in [0.15, 0.2) is 65.7 Å². The summed E-state index contributed by atoms with van der Waals surface area (Å²) in [5, 5.41) is 22.2. The first kappa shape index (κ1) is 26.4. The lowest BCUT2D eigenvalue weighted by Gasteiger charge is -2.23. The minimum atomic E-state index is -4.20. The average molecular weight is 543 g/mol. The molecule has 10 nitrogen and oxygen atoms in total. The van der Waals surface area contributed by atoms with Gasteiger partial charge in [0.2, 0.25) is 0 Å². The van der Waals surface area contributed by atoms with Gasteiger partial charge in [0, 0.05) is 29.7 Å². The lowest BCUT2D eigenvalue weighted by Crippen LogP contribution is -2.35. The number of aromatic nitrogens is 3. The SMILES string of the molecule is Cc1cc(Cl)cc(S(=O)(=O)N(CC(=O)O)c2ccc3c(ccn3-c3ccc(NCCN(C)C)nn3)c2)c1. The summed E-state index contributed by atoms with van der Waals surface area (Å²) in [6, 6.07) is 14.8. The number of sulfonamides is 1. The molecule has 0 aliphatic carbocycles. The van der Waals surface area contributed by atoms with Crippen LogP contribution >= 0.6 is 11.6 Å². The van der Waals surface area contributed by atoms with E-state index in [2.05, 4.69) is 20.4 Å². The smallest absolute Gasteiger partial charge is 0.324 e. The van der Waals surface area contributed by atoms with Crippen molar-refractivity contribution in [3.8, 4) is 5.82 Å². The quantitative estimate of drug-likeness (QED) is 0.311. The van der Waals surface area contributed by atoms with Gasteiger partial charge in [0.1, 0.15) is 12.4 Å². The first-order valence-corrected chi connectivity index (χ1v) is 13.2. The van der Waals surface area contributed by atoms with Gasteiger partial charge in [0.05, 0.1) is 16.1 Å². The zero-order valence-corrected chi connectivity index (χ0v) is 22.2. The number of nitrogens with zero attached hydrogens (tertiary/aromatic N) is 5. The summed E-state index contributed by atoms with van der Waals surface area (Å²) in [6.45, 7) is 2.57. The van der Waals surface area contributed by atoms with Crippen molar-refractivity contribution in [2.75, 3.05) is 43.4 Å². The standard InChI is InChI=1S/C25H27ClN6O4S/c1-17-12-19(26)15-21(13-17)37(35,36)32(16-25(33)34)20-4-5-22-18(14-20)8-10-31(22)24-7-6-23(28-29-24)27-9-11-30(2)3/h4-8,10,12-15H,9,11,16H2,1-3H3,(H,27,28)(H,33,34). The number of carboxylic acid groups (broad SMARTS) is 1. The predicted molar refractivity (Wildman–Crippen MR) is 144 cm³/mol. The molecule has 2 aromatic heterocycles. The van der Waals surface area contributed by atoms with Gasteiger partial charge in [-0.3, -0.25) is 13.7 Å². The van der Waals surface area contributed by atoms with Gasteiger partial charge in [0.15, 0.2) is 5.82 Å². The van der Waals surface area contributed by atoms with Crippen LogP contribution in [0.25, 0.3) is 16.7 Å². The van der Waals surface area contributed by atoms with Crippen molar-refractivity contribution >= 4 is 50.0 Å². The maximum Gasteiger partial charge on any atom is 0.324 e. The molecule has 0 aliphatic heterocycles. The summed E-state index contributed by atoms with van der Waals surface area (Å²) >= 11 is 6.08. The second kappa shape index (κ2) is 10.8. The van der Waals surface area contributed by atoms with Crippen LogP contribution in [0.1, 0.15) is 5.56 Å². The highest BCUT2D eigenvalue weighted by Gasteiger charge is 2.28. The second-order valence-electron chi connectivity index (χ2n) is 8.81. The van der Waals surface area contributed by atoms with Gasteiger partial charge >= 0.3 is 5.97 Å². The molecule has 37 heavy (non-hydrogen) atoms. The number of aryl methyl sites for hydroxylation is 1. The van der Waals surface area contributed by atoms with E-state index in [1.165, 1.54) is 12.1 Å². The van der Waals surface area contributed by atoms with E-state index in [0.717, 1.165) is 22.9 Å². The molecule has 0 bridgehead atoms. The lowest BCUT2D eigenvalue weighted by molar-refractivity contribution is -0.135. The summed E-state index contributed by atoms with van der Waals surface area (Å²) < 4.78 is 29.6. The van der Waals surface area contributed by atoms with Gasteiger partial charge in [0.25, 0.3) is 10.0 Å². The van der Waals surface area contributed by atoms with Crippen LogP contribution in [0.3, 0.4) is 0 Å². The van der Waals surface area contributed by atoms with Crippen LogP contribution in [0.2, 0.25) is 5.02 Å². The Kier molecular flexibility index (Phi) is 7.67. The highest BCUT2D eigenvalue weighted by molar-refractivity contribution is 7.92. The number of hydrogen-bond acceptors (Lipinski definition) is 7. The highest BCUT2D eigenvalue weighted by Crippen LogP contribution is 2.30. The maximum atomic E-state index is 13.5. The first-order valence-electron chi connectivity index (χ1n) is 11.4. The van der Waals surface area contributed by atoms with E-state index < -0.39 is 22.5 Å². The molecule has 2 N–H and O–H groups in total. The van der Waals surface area contributed by atoms with Crippen LogP contribution in [0.4, 0.5) is 11.5 Å². The Morgan fingerprint density at radius 1 is 1.08 bits per heavy atom. The van der Waals surface area contributed by atoms with Crippen molar-refractivity contribution in [2.45, 2.75) is 11.8 Å². The number of halogens is 1. The number of carboxylic acids is 1. The van der Waals surface area contributed by atoms with E-state index in [1.807, 2.05) is 30.8 Å².